The second-order valence-corrected chi connectivity index (χ2v) is 9.23. The first-order valence-corrected chi connectivity index (χ1v) is 11.5. The van der Waals surface area contributed by atoms with Gasteiger partial charge in [-0.05, 0) is 24.7 Å². The first-order valence-electron chi connectivity index (χ1n) is 11.5. The summed E-state index contributed by atoms with van der Waals surface area (Å²) in [5, 5.41) is 11.3. The van der Waals surface area contributed by atoms with Gasteiger partial charge in [0.1, 0.15) is 6.04 Å². The molecular formula is C26H32N2O3. The number of nitrogens with zero attached hydrogens (tertiary/aromatic N) is 1. The van der Waals surface area contributed by atoms with Gasteiger partial charge < -0.3 is 19.7 Å². The van der Waals surface area contributed by atoms with E-state index in [0.29, 0.717) is 19.5 Å². The summed E-state index contributed by atoms with van der Waals surface area (Å²) < 4.78 is 0. The summed E-state index contributed by atoms with van der Waals surface area (Å²) in [5.41, 5.74) is 2.20. The maximum Gasteiger partial charge on any atom is 0.223 e. The van der Waals surface area contributed by atoms with Crippen molar-refractivity contribution < 1.29 is 19.6 Å². The van der Waals surface area contributed by atoms with Crippen LogP contribution in [0.2, 0.25) is 0 Å². The molecule has 0 spiro atoms. The van der Waals surface area contributed by atoms with Crippen LogP contribution in [-0.4, -0.2) is 43.0 Å². The molecule has 1 amide bonds. The Morgan fingerprint density at radius 3 is 1.87 bits per heavy atom. The zero-order valence-electron chi connectivity index (χ0n) is 18.1. The number of amides is 1. The number of carboxylic acid groups (broad SMARTS) is 1. The van der Waals surface area contributed by atoms with Crippen LogP contribution in [0.4, 0.5) is 0 Å². The normalized spacial score (nSPS) is 18.9. The van der Waals surface area contributed by atoms with Gasteiger partial charge in [0.2, 0.25) is 5.91 Å². The van der Waals surface area contributed by atoms with Crippen LogP contribution in [0.15, 0.2) is 60.7 Å². The van der Waals surface area contributed by atoms with E-state index < -0.39 is 11.4 Å². The monoisotopic (exact) mass is 420 g/mol. The van der Waals surface area contributed by atoms with E-state index in [9.17, 15) is 14.7 Å². The summed E-state index contributed by atoms with van der Waals surface area (Å²) in [4.78, 5) is 27.7. The summed E-state index contributed by atoms with van der Waals surface area (Å²) in [5.74, 6) is -0.921. The number of piperazine rings is 1. The molecular weight excluding hydrogens is 388 g/mol. The van der Waals surface area contributed by atoms with Crippen molar-refractivity contribution in [2.24, 2.45) is 5.41 Å². The summed E-state index contributed by atoms with van der Waals surface area (Å²) in [6.45, 7) is 3.19. The minimum absolute atomic E-state index is 0.00798. The van der Waals surface area contributed by atoms with Crippen LogP contribution in [0.3, 0.4) is 0 Å². The van der Waals surface area contributed by atoms with E-state index in [2.05, 4.69) is 48.5 Å². The fourth-order valence-electron chi connectivity index (χ4n) is 5.57. The number of hydrogen-bond donors (Lipinski definition) is 1. The smallest absolute Gasteiger partial charge is 0.223 e. The standard InChI is InChI=1S/C26H32N2O3/c29-23(19-26(20-24(30)31)13-7-8-14-26)27-15-17-28(18-16-27)25(21-9-3-1-4-10-21)22-11-5-2-6-12-22/h1-6,9-12,25H,7-8,13-20H2,(H,30,31). The van der Waals surface area contributed by atoms with Crippen LogP contribution in [0.25, 0.3) is 0 Å². The number of nitrogens with one attached hydrogen (secondary N) is 1. The van der Waals surface area contributed by atoms with Crippen LogP contribution >= 0.6 is 0 Å². The first kappa shape index (κ1) is 21.6. The fraction of sp³-hybridized carbons (Fsp3) is 0.462. The average Bonchev–Trinajstić information content (AvgIpc) is 3.23. The third kappa shape index (κ3) is 5.16. The lowest BCUT2D eigenvalue weighted by molar-refractivity contribution is -0.929. The lowest BCUT2D eigenvalue weighted by Gasteiger charge is -2.38. The summed E-state index contributed by atoms with van der Waals surface area (Å²) in [6, 6.07) is 21.4. The Morgan fingerprint density at radius 1 is 0.871 bits per heavy atom. The van der Waals surface area contributed by atoms with Gasteiger partial charge in [0, 0.05) is 23.5 Å². The minimum Gasteiger partial charge on any atom is -0.550 e. The zero-order valence-corrected chi connectivity index (χ0v) is 18.1. The van der Waals surface area contributed by atoms with Crippen molar-refractivity contribution >= 4 is 11.9 Å². The third-order valence-electron chi connectivity index (χ3n) is 7.14. The number of carbonyl (C=O) groups excluding carboxylic acids is 2. The summed E-state index contributed by atoms with van der Waals surface area (Å²) >= 11 is 0. The number of hydrogen-bond acceptors (Lipinski definition) is 3. The van der Waals surface area contributed by atoms with Crippen molar-refractivity contribution in [1.82, 2.24) is 4.90 Å². The van der Waals surface area contributed by atoms with Crippen molar-refractivity contribution in [1.29, 1.82) is 0 Å². The van der Waals surface area contributed by atoms with Gasteiger partial charge in [-0.15, -0.1) is 0 Å². The van der Waals surface area contributed by atoms with E-state index in [1.165, 1.54) is 16.0 Å². The molecule has 2 aromatic rings. The van der Waals surface area contributed by atoms with Gasteiger partial charge in [-0.25, -0.2) is 0 Å². The number of carboxylic acids is 1. The molecule has 0 radical (unpaired) electrons. The molecule has 5 nitrogen and oxygen atoms in total. The number of carbonyl (C=O) groups is 2. The Kier molecular flexibility index (Phi) is 6.71. The van der Waals surface area contributed by atoms with Gasteiger partial charge >= 0.3 is 0 Å². The van der Waals surface area contributed by atoms with Crippen molar-refractivity contribution in [2.75, 3.05) is 26.2 Å². The molecule has 0 unspecified atom stereocenters. The molecule has 4 rings (SSSR count). The molecule has 31 heavy (non-hydrogen) atoms. The Morgan fingerprint density at radius 2 is 1.39 bits per heavy atom. The third-order valence-corrected chi connectivity index (χ3v) is 7.14. The Bertz CT molecular complexity index is 831. The number of quaternary nitrogens is 1. The Hall–Kier alpha value is -2.66. The highest BCUT2D eigenvalue weighted by molar-refractivity contribution is 5.78. The van der Waals surface area contributed by atoms with E-state index >= 15 is 0 Å². The molecule has 2 aromatic carbocycles. The van der Waals surface area contributed by atoms with Gasteiger partial charge in [0.25, 0.3) is 0 Å². The summed E-state index contributed by atoms with van der Waals surface area (Å²) in [7, 11) is 0. The van der Waals surface area contributed by atoms with Crippen LogP contribution < -0.4 is 10.0 Å². The number of rotatable bonds is 7. The molecule has 164 valence electrons. The maximum atomic E-state index is 13.1. The topological polar surface area (TPSA) is 64.9 Å². The van der Waals surface area contributed by atoms with Crippen LogP contribution in [0.1, 0.15) is 55.7 Å². The van der Waals surface area contributed by atoms with Gasteiger partial charge in [0.05, 0.1) is 26.2 Å². The average molecular weight is 421 g/mol. The predicted octanol–water partition coefficient (Wildman–Crippen LogP) is 1.59. The largest absolute Gasteiger partial charge is 0.550 e. The Labute approximate surface area is 184 Å². The van der Waals surface area contributed by atoms with Gasteiger partial charge in [-0.2, -0.15) is 0 Å². The SMILES string of the molecule is O=C([O-])CC1(CC(=O)N2CC[NH+](C(c3ccccc3)c3ccccc3)CC2)CCCC1. The van der Waals surface area contributed by atoms with E-state index in [4.69, 9.17) is 0 Å². The molecule has 1 aliphatic heterocycles. The summed E-state index contributed by atoms with van der Waals surface area (Å²) in [6.07, 6.45) is 4.01. The molecule has 0 bridgehead atoms. The van der Waals surface area contributed by atoms with Crippen molar-refractivity contribution in [3.05, 3.63) is 71.8 Å². The molecule has 1 saturated heterocycles. The lowest BCUT2D eigenvalue weighted by atomic mass is 9.79. The van der Waals surface area contributed by atoms with Crippen LogP contribution in [-0.2, 0) is 9.59 Å². The highest BCUT2D eigenvalue weighted by atomic mass is 16.4. The second kappa shape index (κ2) is 9.65. The van der Waals surface area contributed by atoms with E-state index in [1.807, 2.05) is 17.0 Å². The second-order valence-electron chi connectivity index (χ2n) is 9.23. The minimum atomic E-state index is -1.03. The van der Waals surface area contributed by atoms with Crippen molar-refractivity contribution in [3.8, 4) is 0 Å². The van der Waals surface area contributed by atoms with Gasteiger partial charge in [-0.3, -0.25) is 4.79 Å². The van der Waals surface area contributed by atoms with E-state index in [-0.39, 0.29) is 18.4 Å². The lowest BCUT2D eigenvalue weighted by Crippen LogP contribution is -3.15. The van der Waals surface area contributed by atoms with Crippen LogP contribution in [0.5, 0.6) is 0 Å². The van der Waals surface area contributed by atoms with Crippen molar-refractivity contribution in [3.63, 3.8) is 0 Å². The van der Waals surface area contributed by atoms with Gasteiger partial charge in [-0.1, -0.05) is 73.5 Å². The molecule has 1 heterocycles. The van der Waals surface area contributed by atoms with E-state index in [1.54, 1.807) is 0 Å². The molecule has 2 fully saturated rings. The molecule has 0 aromatic heterocycles. The molecule has 1 saturated carbocycles. The highest BCUT2D eigenvalue weighted by Gasteiger charge is 2.38. The van der Waals surface area contributed by atoms with Crippen molar-refractivity contribution in [2.45, 2.75) is 44.6 Å². The molecule has 1 aliphatic carbocycles. The quantitative estimate of drug-likeness (QED) is 0.740. The maximum absolute atomic E-state index is 13.1. The molecule has 0 atom stereocenters. The molecule has 1 N–H and O–H groups in total. The van der Waals surface area contributed by atoms with E-state index in [0.717, 1.165) is 38.8 Å². The first-order chi connectivity index (χ1) is 15.1. The molecule has 5 heteroatoms. The highest BCUT2D eigenvalue weighted by Crippen LogP contribution is 2.44. The molecule has 2 aliphatic rings. The number of benzene rings is 2. The predicted molar refractivity (Wildman–Crippen MR) is 117 cm³/mol. The van der Waals surface area contributed by atoms with Crippen LogP contribution in [0, 0.1) is 5.41 Å². The fourth-order valence-corrected chi connectivity index (χ4v) is 5.57. The zero-order chi connectivity index (χ0) is 21.7. The Balaban J connectivity index is 1.43. The number of aliphatic carboxylic acids is 1. The van der Waals surface area contributed by atoms with Gasteiger partial charge in [0.15, 0.2) is 0 Å².